The normalized spacial score (nSPS) is 4.90. The third-order valence-electron chi connectivity index (χ3n) is 0. The molecule has 0 aromatic heterocycles. The van der Waals surface area contributed by atoms with E-state index in [1.807, 2.05) is 0 Å². The molecule has 0 saturated carbocycles. The molecule has 1 N–H and O–H groups in total. The summed E-state index contributed by atoms with van der Waals surface area (Å²) < 4.78 is 0. The second-order valence-electron chi connectivity index (χ2n) is 0.885. The van der Waals surface area contributed by atoms with Crippen LogP contribution in [0.1, 0.15) is 6.92 Å². The first kappa shape index (κ1) is 22.5. The average molecular weight is 465 g/mol. The maximum atomic E-state index is 8.89. The number of carboxylic acids is 2. The van der Waals surface area contributed by atoms with E-state index in [-0.39, 0.29) is 76.2 Å². The molecule has 0 atom stereocenters. The first-order valence-electron chi connectivity index (χ1n) is 1.69. The molecule has 0 saturated heterocycles. The van der Waals surface area contributed by atoms with Crippen molar-refractivity contribution in [2.45, 2.75) is 6.92 Å². The Bertz CT molecular complexity index is 75.3. The molecule has 6 heteroatoms. The summed E-state index contributed by atoms with van der Waals surface area (Å²) in [5.74, 6) is -2.17. The van der Waals surface area contributed by atoms with Gasteiger partial charge in [0.05, 0.1) is 0 Å². The Hall–Kier alpha value is 1.30. The van der Waals surface area contributed by atoms with Gasteiger partial charge >= 0.3 is 76.2 Å². The van der Waals surface area contributed by atoms with E-state index in [2.05, 4.69) is 6.92 Å². The quantitative estimate of drug-likeness (QED) is 0.314. The zero-order valence-corrected chi connectivity index (χ0v) is 15.7. The Kier molecular flexibility index (Phi) is 37.6. The summed E-state index contributed by atoms with van der Waals surface area (Å²) >= 11 is 0. The molecule has 0 amide bonds. The summed E-state index contributed by atoms with van der Waals surface area (Å²) in [7, 11) is 0. The molecule has 0 fully saturated rings. The van der Waals surface area contributed by atoms with Crippen LogP contribution in [-0.4, -0.2) is 93.2 Å². The Morgan fingerprint density at radius 1 is 1.50 bits per heavy atom. The van der Waals surface area contributed by atoms with E-state index >= 15 is 0 Å². The van der Waals surface area contributed by atoms with Gasteiger partial charge in [-0.3, -0.25) is 11.7 Å². The molecule has 0 aliphatic carbocycles. The van der Waals surface area contributed by atoms with Gasteiger partial charge < -0.3 is 15.0 Å². The molecule has 0 aliphatic heterocycles. The Labute approximate surface area is 120 Å². The number of rotatable bonds is 0. The van der Waals surface area contributed by atoms with Crippen LogP contribution in [0.5, 0.6) is 0 Å². The second-order valence-corrected chi connectivity index (χ2v) is 0.885. The zero-order valence-electron chi connectivity index (χ0n) is 5.79. The van der Waals surface area contributed by atoms with Crippen molar-refractivity contribution in [2.24, 2.45) is 0 Å². The van der Waals surface area contributed by atoms with Gasteiger partial charge in [-0.15, -0.1) is 0 Å². The predicted molar refractivity (Wildman–Crippen MR) is 38.0 cm³/mol. The summed E-state index contributed by atoms with van der Waals surface area (Å²) in [6.07, 6.45) is 0. The van der Waals surface area contributed by atoms with Crippen molar-refractivity contribution in [3.63, 3.8) is 0 Å². The van der Waals surface area contributed by atoms with Crippen LogP contribution in [0.15, 0.2) is 0 Å². The van der Waals surface area contributed by atoms with Crippen molar-refractivity contribution < 1.29 is 19.8 Å². The molecule has 0 aromatic carbocycles. The number of carbonyl (C=O) groups excluding carboxylic acids is 1. The standard InChI is InChI=1S/C2H4O2.C2H3O2.Ba.Pb.2H/c2*1-2(3)4;;;;/h1H3,(H,3,4);1H2,(H,3,4);;;;/q;-1;+2;;;/p-1. The van der Waals surface area contributed by atoms with Crippen molar-refractivity contribution in [3.05, 3.63) is 6.92 Å². The molecule has 0 unspecified atom stereocenters. The monoisotopic (exact) mass is 466 g/mol. The van der Waals surface area contributed by atoms with E-state index in [1.165, 1.54) is 0 Å². The molecular formula is C4H8BaO4Pb. The molecule has 0 spiro atoms. The summed E-state index contributed by atoms with van der Waals surface area (Å²) in [6.45, 7) is 3.53. The third-order valence-corrected chi connectivity index (χ3v) is 0. The topological polar surface area (TPSA) is 77.4 Å². The van der Waals surface area contributed by atoms with Gasteiger partial charge in [-0.25, -0.2) is 0 Å². The van der Waals surface area contributed by atoms with E-state index in [4.69, 9.17) is 19.8 Å². The third kappa shape index (κ3) is 378. The fourth-order valence-electron chi connectivity index (χ4n) is 0. The van der Waals surface area contributed by atoms with Gasteiger partial charge in [-0.2, -0.15) is 0 Å². The number of hydrogen-bond donors (Lipinski definition) is 1. The van der Waals surface area contributed by atoms with Gasteiger partial charge in [0.25, 0.3) is 0 Å². The average Bonchev–Trinajstić information content (AvgIpc) is 1.25. The van der Waals surface area contributed by atoms with Crippen LogP contribution in [0.3, 0.4) is 0 Å². The molecule has 0 aromatic rings. The van der Waals surface area contributed by atoms with Crippen molar-refractivity contribution in [1.29, 1.82) is 0 Å². The van der Waals surface area contributed by atoms with Gasteiger partial charge in [-0.05, 0) is 6.92 Å². The Balaban J connectivity index is -0.0000000300. The molecule has 10 heavy (non-hydrogen) atoms. The molecule has 2 radical (unpaired) electrons. The van der Waals surface area contributed by atoms with Gasteiger partial charge in [0.15, 0.2) is 5.97 Å². The molecule has 0 bridgehead atoms. The van der Waals surface area contributed by atoms with Crippen LogP contribution in [0.2, 0.25) is 0 Å². The minimum absolute atomic E-state index is 0. The first-order valence-corrected chi connectivity index (χ1v) is 1.69. The SMILES string of the molecule is CC(=O)[O-].[Ba+2].[CH2-]C(=O)O.[PbH2]. The fraction of sp³-hybridized carbons (Fsp3) is 0.250. The first-order chi connectivity index (χ1) is 3.46. The maximum absolute atomic E-state index is 8.89. The van der Waals surface area contributed by atoms with Gasteiger partial charge in [-0.1, -0.05) is 0 Å². The molecular weight excluding hydrogens is 457 g/mol. The van der Waals surface area contributed by atoms with Crippen LogP contribution in [0.25, 0.3) is 0 Å². The van der Waals surface area contributed by atoms with Crippen molar-refractivity contribution in [3.8, 4) is 0 Å². The summed E-state index contributed by atoms with van der Waals surface area (Å²) in [6, 6.07) is 0. The van der Waals surface area contributed by atoms with Gasteiger partial charge in [0.2, 0.25) is 0 Å². The Morgan fingerprint density at radius 3 is 1.50 bits per heavy atom. The van der Waals surface area contributed by atoms with E-state index in [0.717, 1.165) is 6.92 Å². The van der Waals surface area contributed by atoms with Crippen molar-refractivity contribution in [1.82, 2.24) is 0 Å². The predicted octanol–water partition coefficient (Wildman–Crippen LogP) is -2.64. The van der Waals surface area contributed by atoms with Gasteiger partial charge in [0, 0.05) is 5.97 Å². The molecule has 54 valence electrons. The van der Waals surface area contributed by atoms with Crippen LogP contribution in [-0.2, 0) is 9.59 Å². The Morgan fingerprint density at radius 2 is 1.50 bits per heavy atom. The van der Waals surface area contributed by atoms with Crippen LogP contribution in [0, 0.1) is 6.92 Å². The van der Waals surface area contributed by atoms with E-state index in [9.17, 15) is 0 Å². The van der Waals surface area contributed by atoms with Crippen molar-refractivity contribution >= 4 is 88.1 Å². The van der Waals surface area contributed by atoms with E-state index < -0.39 is 11.9 Å². The zero-order chi connectivity index (χ0) is 7.15. The number of carbonyl (C=O) groups is 2. The molecule has 0 heterocycles. The number of hydrogen-bond acceptors (Lipinski definition) is 3. The summed E-state index contributed by atoms with van der Waals surface area (Å²) in [5, 5.41) is 16.2. The number of carboxylic acid groups (broad SMARTS) is 2. The van der Waals surface area contributed by atoms with Crippen LogP contribution < -0.4 is 5.11 Å². The second kappa shape index (κ2) is 16.7. The molecule has 0 rings (SSSR count). The van der Waals surface area contributed by atoms with Crippen LogP contribution in [0.4, 0.5) is 0 Å². The van der Waals surface area contributed by atoms with Crippen molar-refractivity contribution in [2.75, 3.05) is 0 Å². The summed E-state index contributed by atoms with van der Waals surface area (Å²) in [4.78, 5) is 17.8. The molecule has 4 nitrogen and oxygen atoms in total. The fourth-order valence-corrected chi connectivity index (χ4v) is 0. The van der Waals surface area contributed by atoms with E-state index in [1.54, 1.807) is 0 Å². The molecule has 0 aliphatic rings. The number of aliphatic carboxylic acids is 2. The van der Waals surface area contributed by atoms with Gasteiger partial charge in [0.1, 0.15) is 0 Å². The van der Waals surface area contributed by atoms with E-state index in [0.29, 0.717) is 0 Å². The summed E-state index contributed by atoms with van der Waals surface area (Å²) in [5.41, 5.74) is 0. The van der Waals surface area contributed by atoms with Crippen LogP contribution >= 0.6 is 0 Å². The minimum atomic E-state index is -1.08.